The van der Waals surface area contributed by atoms with Gasteiger partial charge in [0, 0.05) is 43.7 Å². The quantitative estimate of drug-likeness (QED) is 0.0503. The predicted molar refractivity (Wildman–Crippen MR) is 245 cm³/mol. The maximum Gasteiger partial charge on any atom is 0.254 e. The van der Waals surface area contributed by atoms with Crippen LogP contribution in [0.15, 0.2) is 139 Å². The van der Waals surface area contributed by atoms with Gasteiger partial charge in [0.05, 0.1) is 18.2 Å². The van der Waals surface area contributed by atoms with E-state index in [1.807, 2.05) is 66.7 Å². The smallest absolute Gasteiger partial charge is 0.254 e. The Morgan fingerprint density at radius 2 is 1.58 bits per heavy atom. The van der Waals surface area contributed by atoms with E-state index < -0.39 is 17.7 Å². The van der Waals surface area contributed by atoms with E-state index in [2.05, 4.69) is 36.9 Å². The lowest BCUT2D eigenvalue weighted by atomic mass is 9.55. The van der Waals surface area contributed by atoms with Crippen molar-refractivity contribution < 1.29 is 43.5 Å². The van der Waals surface area contributed by atoms with Crippen LogP contribution in [-0.4, -0.2) is 72.2 Å². The molecule has 2 aliphatic heterocycles. The van der Waals surface area contributed by atoms with Crippen molar-refractivity contribution in [3.8, 4) is 28.7 Å². The van der Waals surface area contributed by atoms with Crippen molar-refractivity contribution in [2.24, 2.45) is 22.9 Å². The third kappa shape index (κ3) is 8.59. The summed E-state index contributed by atoms with van der Waals surface area (Å²) >= 11 is 0. The van der Waals surface area contributed by atoms with E-state index in [4.69, 9.17) is 33.7 Å². The number of ether oxygens (including phenoxy) is 5. The number of unbranched alkanes of at least 4 members (excludes halogenated alkanes) is 2. The van der Waals surface area contributed by atoms with Crippen molar-refractivity contribution in [1.29, 1.82) is 0 Å². The van der Waals surface area contributed by atoms with E-state index in [1.54, 1.807) is 36.2 Å². The Hall–Kier alpha value is -6.14. The predicted octanol–water partition coefficient (Wildman–Crippen LogP) is 9.97. The van der Waals surface area contributed by atoms with Gasteiger partial charge >= 0.3 is 0 Å². The van der Waals surface area contributed by atoms with Crippen LogP contribution in [0, 0.1) is 17.8 Å². The highest BCUT2D eigenvalue weighted by Gasteiger charge is 2.65. The third-order valence-corrected chi connectivity index (χ3v) is 13.3. The number of amides is 1. The molecular weight excluding hydrogens is 809 g/mol. The monoisotopic (exact) mass is 864 g/mol. The molecule has 11 heteroatoms. The first-order valence-electron chi connectivity index (χ1n) is 22.5. The van der Waals surface area contributed by atoms with Gasteiger partial charge in [0.25, 0.3) is 5.91 Å². The summed E-state index contributed by atoms with van der Waals surface area (Å²) in [5.41, 5.74) is 4.07. The van der Waals surface area contributed by atoms with Crippen molar-refractivity contribution in [2.75, 3.05) is 33.7 Å². The van der Waals surface area contributed by atoms with Crippen LogP contribution in [0.1, 0.15) is 72.3 Å². The van der Waals surface area contributed by atoms with Gasteiger partial charge in [-0.05, 0) is 108 Å². The fourth-order valence-corrected chi connectivity index (χ4v) is 10.3. The second kappa shape index (κ2) is 19.3. The summed E-state index contributed by atoms with van der Waals surface area (Å²) in [7, 11) is 1.79. The number of likely N-dealkylation sites (N-methyl/N-ethyl adjacent to an activating group) is 1. The molecule has 5 aromatic carbocycles. The van der Waals surface area contributed by atoms with E-state index in [9.17, 15) is 15.0 Å². The Bertz CT molecular complexity index is 2520. The van der Waals surface area contributed by atoms with Gasteiger partial charge in [-0.1, -0.05) is 90.8 Å². The van der Waals surface area contributed by atoms with Crippen LogP contribution in [0.4, 0.5) is 0 Å². The second-order valence-corrected chi connectivity index (χ2v) is 17.1. The minimum Gasteiger partial charge on any atom is -0.459 e. The van der Waals surface area contributed by atoms with Crippen LogP contribution in [0.25, 0.3) is 10.8 Å². The first-order chi connectivity index (χ1) is 31.4. The highest BCUT2D eigenvalue weighted by molar-refractivity contribution is 6.03. The SMILES string of the molecule is C=CCOC12Oc3ccc(Oc4ccc5ccccc5c4)cc3C3C(CCCCO)C(CCCCO)C=C(C(=NOCc4ccccc4)CC1N(C)C(=O)c1ccc4c(c1)OCO4)C32. The number of hydrogen-bond donors (Lipinski definition) is 2. The van der Waals surface area contributed by atoms with Crippen LogP contribution in [0.3, 0.4) is 0 Å². The number of fused-ring (bicyclic) bond motifs is 4. The molecule has 4 aliphatic rings. The number of nitrogens with zero attached hydrogens (tertiary/aromatic N) is 2. The van der Waals surface area contributed by atoms with Crippen LogP contribution >= 0.6 is 0 Å². The molecule has 2 aliphatic carbocycles. The summed E-state index contributed by atoms with van der Waals surface area (Å²) in [4.78, 5) is 22.8. The molecule has 11 nitrogen and oxygen atoms in total. The van der Waals surface area contributed by atoms with E-state index in [-0.39, 0.29) is 63.3 Å². The standard InChI is InChI=1S/C53H56N2O9/c1-3-27-61-53-49(55(2)52(58)39-20-23-47-48(30-39)60-34-59-47)32-45(54-62-33-35-13-5-4-6-14-35)43-29-38(17-9-11-25-56)42(18-10-12-26-57)50(51(43)53)44-31-41(22-24-46(44)64-53)63-40-21-19-36-15-7-8-16-37(36)28-40/h3-8,13-16,19-24,28-31,38,42,49-51,56-57H,1,9-12,17-18,25-27,32-34H2,2H3. The molecule has 0 saturated heterocycles. The summed E-state index contributed by atoms with van der Waals surface area (Å²) in [6.07, 6.45) is 8.97. The number of benzene rings is 5. The molecule has 64 heavy (non-hydrogen) atoms. The topological polar surface area (TPSA) is 129 Å². The molecular formula is C53H56N2O9. The zero-order chi connectivity index (χ0) is 44.0. The van der Waals surface area contributed by atoms with Gasteiger partial charge in [-0.2, -0.15) is 0 Å². The molecule has 1 amide bonds. The molecule has 6 atom stereocenters. The van der Waals surface area contributed by atoms with Crippen LogP contribution in [0.2, 0.25) is 0 Å². The number of allylic oxidation sites excluding steroid dienone is 1. The number of carbonyl (C=O) groups excluding carboxylic acids is 1. The van der Waals surface area contributed by atoms with E-state index in [1.165, 1.54) is 0 Å². The molecule has 5 aromatic rings. The average molecular weight is 865 g/mol. The largest absolute Gasteiger partial charge is 0.459 e. The summed E-state index contributed by atoms with van der Waals surface area (Å²) in [6, 6.07) is 34.8. The fourth-order valence-electron chi connectivity index (χ4n) is 10.3. The number of aliphatic hydroxyl groups excluding tert-OH is 2. The first-order valence-corrected chi connectivity index (χ1v) is 22.5. The Morgan fingerprint density at radius 3 is 2.39 bits per heavy atom. The van der Waals surface area contributed by atoms with Crippen LogP contribution in [-0.2, 0) is 16.2 Å². The van der Waals surface area contributed by atoms with Crippen LogP contribution < -0.4 is 18.9 Å². The lowest BCUT2D eigenvalue weighted by Gasteiger charge is -2.59. The van der Waals surface area contributed by atoms with Crippen molar-refractivity contribution in [2.45, 2.75) is 69.3 Å². The number of oxime groups is 1. The van der Waals surface area contributed by atoms with Crippen molar-refractivity contribution in [3.63, 3.8) is 0 Å². The highest BCUT2D eigenvalue weighted by Crippen LogP contribution is 2.62. The average Bonchev–Trinajstić information content (AvgIpc) is 3.80. The fraction of sp³-hybridized carbons (Fsp3) is 0.358. The Labute approximate surface area is 374 Å². The summed E-state index contributed by atoms with van der Waals surface area (Å²) in [5, 5.41) is 27.1. The van der Waals surface area contributed by atoms with E-state index in [0.717, 1.165) is 64.6 Å². The van der Waals surface area contributed by atoms with Crippen molar-refractivity contribution in [3.05, 3.63) is 150 Å². The first kappa shape index (κ1) is 43.1. The van der Waals surface area contributed by atoms with Gasteiger partial charge in [-0.15, -0.1) is 6.58 Å². The zero-order valence-electron chi connectivity index (χ0n) is 36.3. The number of carbonyl (C=O) groups is 1. The van der Waals surface area contributed by atoms with Gasteiger partial charge in [0.1, 0.15) is 29.9 Å². The van der Waals surface area contributed by atoms with Crippen molar-refractivity contribution >= 4 is 22.4 Å². The Kier molecular flexibility index (Phi) is 13.0. The molecule has 0 radical (unpaired) electrons. The molecule has 332 valence electrons. The van der Waals surface area contributed by atoms with E-state index in [0.29, 0.717) is 41.4 Å². The summed E-state index contributed by atoms with van der Waals surface area (Å²) in [5.74, 6) is 0.958. The molecule has 1 saturated carbocycles. The van der Waals surface area contributed by atoms with Gasteiger partial charge < -0.3 is 43.6 Å². The molecule has 6 unspecified atom stereocenters. The molecule has 0 bridgehead atoms. The minimum absolute atomic E-state index is 0.0596. The Morgan fingerprint density at radius 1 is 0.844 bits per heavy atom. The second-order valence-electron chi connectivity index (χ2n) is 17.1. The van der Waals surface area contributed by atoms with Gasteiger partial charge in [-0.25, -0.2) is 0 Å². The van der Waals surface area contributed by atoms with Crippen molar-refractivity contribution in [1.82, 2.24) is 4.90 Å². The molecule has 2 heterocycles. The highest BCUT2D eigenvalue weighted by atomic mass is 16.7. The number of aliphatic hydroxyl groups is 2. The summed E-state index contributed by atoms with van der Waals surface area (Å²) in [6.45, 7) is 4.77. The molecule has 0 aromatic heterocycles. The maximum absolute atomic E-state index is 14.8. The summed E-state index contributed by atoms with van der Waals surface area (Å²) < 4.78 is 32.4. The minimum atomic E-state index is -1.40. The number of rotatable bonds is 18. The molecule has 2 N–H and O–H groups in total. The Balaban J connectivity index is 1.20. The zero-order valence-corrected chi connectivity index (χ0v) is 36.3. The van der Waals surface area contributed by atoms with Gasteiger partial charge in [0.15, 0.2) is 11.5 Å². The van der Waals surface area contributed by atoms with Gasteiger partial charge in [-0.3, -0.25) is 4.79 Å². The number of hydrogen-bond acceptors (Lipinski definition) is 10. The molecule has 1 fully saturated rings. The third-order valence-electron chi connectivity index (χ3n) is 13.3. The van der Waals surface area contributed by atoms with Gasteiger partial charge in [0.2, 0.25) is 12.6 Å². The lowest BCUT2D eigenvalue weighted by molar-refractivity contribution is -0.252. The lowest BCUT2D eigenvalue weighted by Crippen LogP contribution is -2.69. The van der Waals surface area contributed by atoms with E-state index >= 15 is 0 Å². The molecule has 0 spiro atoms. The maximum atomic E-state index is 14.8. The normalized spacial score (nSPS) is 23.4. The van der Waals surface area contributed by atoms with Crippen LogP contribution in [0.5, 0.6) is 28.7 Å². The molecule has 9 rings (SSSR count).